The van der Waals surface area contributed by atoms with Crippen molar-refractivity contribution in [3.63, 3.8) is 0 Å². The molecule has 1 aromatic rings. The molecule has 1 heterocycles. The zero-order chi connectivity index (χ0) is 11.5. The molecule has 2 unspecified atom stereocenters. The first-order valence-electron chi connectivity index (χ1n) is 5.97. The Morgan fingerprint density at radius 1 is 1.44 bits per heavy atom. The van der Waals surface area contributed by atoms with Gasteiger partial charge in [-0.1, -0.05) is 0 Å². The predicted octanol–water partition coefficient (Wildman–Crippen LogP) is 2.01. The van der Waals surface area contributed by atoms with E-state index in [4.69, 9.17) is 0 Å². The molecule has 2 atom stereocenters. The highest BCUT2D eigenvalue weighted by molar-refractivity contribution is 7.11. The lowest BCUT2D eigenvalue weighted by molar-refractivity contribution is 0.177. The van der Waals surface area contributed by atoms with Gasteiger partial charge in [0.05, 0.1) is 16.8 Å². The number of hydrogen-bond acceptors (Lipinski definition) is 4. The van der Waals surface area contributed by atoms with E-state index >= 15 is 0 Å². The average molecular weight is 240 g/mol. The van der Waals surface area contributed by atoms with E-state index in [2.05, 4.69) is 24.1 Å². The smallest absolute Gasteiger partial charge is 0.0900 e. The number of nitrogens with one attached hydrogen (secondary N) is 1. The van der Waals surface area contributed by atoms with Crippen molar-refractivity contribution >= 4 is 11.3 Å². The Hall–Kier alpha value is -0.450. The lowest BCUT2D eigenvalue weighted by Crippen LogP contribution is -2.21. The van der Waals surface area contributed by atoms with E-state index in [1.165, 1.54) is 4.88 Å². The van der Waals surface area contributed by atoms with E-state index < -0.39 is 0 Å². The van der Waals surface area contributed by atoms with Gasteiger partial charge in [-0.15, -0.1) is 11.3 Å². The Morgan fingerprint density at radius 3 is 2.81 bits per heavy atom. The number of aryl methyl sites for hydroxylation is 2. The van der Waals surface area contributed by atoms with E-state index in [1.807, 2.05) is 0 Å². The van der Waals surface area contributed by atoms with Gasteiger partial charge in [0.1, 0.15) is 0 Å². The summed E-state index contributed by atoms with van der Waals surface area (Å²) in [6.45, 7) is 6.06. The molecule has 0 spiro atoms. The van der Waals surface area contributed by atoms with Crippen LogP contribution in [0.3, 0.4) is 0 Å². The molecule has 90 valence electrons. The Kier molecular flexibility index (Phi) is 3.95. The molecule has 0 saturated heterocycles. The third kappa shape index (κ3) is 3.03. The predicted molar refractivity (Wildman–Crippen MR) is 66.6 cm³/mol. The fourth-order valence-electron chi connectivity index (χ4n) is 2.36. The van der Waals surface area contributed by atoms with Crippen LogP contribution in [0.1, 0.15) is 34.8 Å². The summed E-state index contributed by atoms with van der Waals surface area (Å²) in [7, 11) is 0. The summed E-state index contributed by atoms with van der Waals surface area (Å²) in [4.78, 5) is 5.76. The molecular weight excluding hydrogens is 220 g/mol. The Morgan fingerprint density at radius 2 is 2.25 bits per heavy atom. The van der Waals surface area contributed by atoms with Crippen LogP contribution >= 0.6 is 11.3 Å². The standard InChI is InChI=1S/C12H20N2OS/c1-8-12(16-9(2)14-8)7-13-6-10-3-4-11(15)5-10/h10-11,13,15H,3-7H2,1-2H3. The number of thiazole rings is 1. The van der Waals surface area contributed by atoms with Gasteiger partial charge in [-0.2, -0.15) is 0 Å². The number of aliphatic hydroxyl groups is 1. The van der Waals surface area contributed by atoms with Gasteiger partial charge in [0.25, 0.3) is 0 Å². The van der Waals surface area contributed by atoms with Crippen LogP contribution in [0.4, 0.5) is 0 Å². The van der Waals surface area contributed by atoms with Crippen LogP contribution in [0.2, 0.25) is 0 Å². The summed E-state index contributed by atoms with van der Waals surface area (Å²) in [6, 6.07) is 0. The minimum Gasteiger partial charge on any atom is -0.393 e. The highest BCUT2D eigenvalue weighted by Gasteiger charge is 2.22. The fraction of sp³-hybridized carbons (Fsp3) is 0.750. The van der Waals surface area contributed by atoms with Gasteiger partial charge in [0, 0.05) is 11.4 Å². The molecule has 1 aliphatic rings. The summed E-state index contributed by atoms with van der Waals surface area (Å²) in [5.74, 6) is 0.657. The number of aromatic nitrogens is 1. The second-order valence-electron chi connectivity index (χ2n) is 4.71. The van der Waals surface area contributed by atoms with Crippen molar-refractivity contribution in [1.82, 2.24) is 10.3 Å². The molecule has 0 aromatic carbocycles. The largest absolute Gasteiger partial charge is 0.393 e. The fourth-order valence-corrected chi connectivity index (χ4v) is 3.27. The van der Waals surface area contributed by atoms with Crippen LogP contribution in [0.25, 0.3) is 0 Å². The van der Waals surface area contributed by atoms with E-state index in [9.17, 15) is 5.11 Å². The van der Waals surface area contributed by atoms with Crippen LogP contribution in [0, 0.1) is 19.8 Å². The highest BCUT2D eigenvalue weighted by atomic mass is 32.1. The normalized spacial score (nSPS) is 25.2. The van der Waals surface area contributed by atoms with E-state index in [0.717, 1.165) is 43.1 Å². The molecular formula is C12H20N2OS. The molecule has 0 bridgehead atoms. The van der Waals surface area contributed by atoms with E-state index in [-0.39, 0.29) is 6.10 Å². The van der Waals surface area contributed by atoms with Crippen LogP contribution in [0.5, 0.6) is 0 Å². The molecule has 1 fully saturated rings. The summed E-state index contributed by atoms with van der Waals surface area (Å²) in [5.41, 5.74) is 1.15. The van der Waals surface area contributed by atoms with Crippen LogP contribution in [0.15, 0.2) is 0 Å². The average Bonchev–Trinajstić information content (AvgIpc) is 2.74. The zero-order valence-electron chi connectivity index (χ0n) is 9.99. The Bertz CT molecular complexity index is 351. The lowest BCUT2D eigenvalue weighted by atomic mass is 10.1. The maximum absolute atomic E-state index is 9.43. The van der Waals surface area contributed by atoms with Gasteiger partial charge >= 0.3 is 0 Å². The van der Waals surface area contributed by atoms with Gasteiger partial charge in [0.15, 0.2) is 0 Å². The van der Waals surface area contributed by atoms with Crippen molar-refractivity contribution in [2.24, 2.45) is 5.92 Å². The van der Waals surface area contributed by atoms with Crippen molar-refractivity contribution in [2.75, 3.05) is 6.54 Å². The molecule has 0 amide bonds. The molecule has 4 heteroatoms. The van der Waals surface area contributed by atoms with Gasteiger partial charge in [0.2, 0.25) is 0 Å². The first-order chi connectivity index (χ1) is 7.65. The minimum atomic E-state index is -0.0563. The second-order valence-corrected chi connectivity index (χ2v) is 5.99. The molecule has 1 aliphatic carbocycles. The maximum atomic E-state index is 9.43. The van der Waals surface area contributed by atoms with Crippen molar-refractivity contribution in [2.45, 2.75) is 45.8 Å². The second kappa shape index (κ2) is 5.25. The maximum Gasteiger partial charge on any atom is 0.0900 e. The zero-order valence-corrected chi connectivity index (χ0v) is 10.8. The summed E-state index contributed by atoms with van der Waals surface area (Å²) in [6.07, 6.45) is 3.05. The topological polar surface area (TPSA) is 45.2 Å². The highest BCUT2D eigenvalue weighted by Crippen LogP contribution is 2.24. The van der Waals surface area contributed by atoms with Crippen LogP contribution in [-0.2, 0) is 6.54 Å². The van der Waals surface area contributed by atoms with Gasteiger partial charge in [-0.05, 0) is 45.6 Å². The molecule has 0 radical (unpaired) electrons. The molecule has 3 nitrogen and oxygen atoms in total. The van der Waals surface area contributed by atoms with E-state index in [0.29, 0.717) is 5.92 Å². The van der Waals surface area contributed by atoms with Gasteiger partial charge in [-0.3, -0.25) is 0 Å². The van der Waals surface area contributed by atoms with Gasteiger partial charge < -0.3 is 10.4 Å². The lowest BCUT2D eigenvalue weighted by Gasteiger charge is -2.10. The van der Waals surface area contributed by atoms with Gasteiger partial charge in [-0.25, -0.2) is 4.98 Å². The third-order valence-corrected chi connectivity index (χ3v) is 4.30. The SMILES string of the molecule is Cc1nc(C)c(CNCC2CCC(O)C2)s1. The number of rotatable bonds is 4. The first kappa shape index (κ1) is 12.0. The Labute approximate surface area is 101 Å². The molecule has 2 N–H and O–H groups in total. The molecule has 1 saturated carbocycles. The van der Waals surface area contributed by atoms with Crippen molar-refractivity contribution in [1.29, 1.82) is 0 Å². The molecule has 1 aromatic heterocycles. The first-order valence-corrected chi connectivity index (χ1v) is 6.78. The van der Waals surface area contributed by atoms with Crippen molar-refractivity contribution in [3.05, 3.63) is 15.6 Å². The van der Waals surface area contributed by atoms with Crippen LogP contribution in [-0.4, -0.2) is 22.7 Å². The number of aliphatic hydroxyl groups excluding tert-OH is 1. The minimum absolute atomic E-state index is 0.0563. The molecule has 0 aliphatic heterocycles. The third-order valence-electron chi connectivity index (χ3n) is 3.23. The summed E-state index contributed by atoms with van der Waals surface area (Å²) < 4.78 is 0. The van der Waals surface area contributed by atoms with E-state index in [1.54, 1.807) is 11.3 Å². The monoisotopic (exact) mass is 240 g/mol. The quantitative estimate of drug-likeness (QED) is 0.846. The van der Waals surface area contributed by atoms with Crippen molar-refractivity contribution < 1.29 is 5.11 Å². The molecule has 2 rings (SSSR count). The summed E-state index contributed by atoms with van der Waals surface area (Å²) >= 11 is 1.77. The number of hydrogen-bond donors (Lipinski definition) is 2. The number of nitrogens with zero attached hydrogens (tertiary/aromatic N) is 1. The molecule has 16 heavy (non-hydrogen) atoms. The summed E-state index contributed by atoms with van der Waals surface area (Å²) in [5, 5.41) is 14.0. The Balaban J connectivity index is 1.74. The van der Waals surface area contributed by atoms with Crippen LogP contribution < -0.4 is 5.32 Å². The van der Waals surface area contributed by atoms with Crippen molar-refractivity contribution in [3.8, 4) is 0 Å².